The molecule has 0 radical (unpaired) electrons. The van der Waals surface area contributed by atoms with Crippen molar-refractivity contribution < 1.29 is 34.1 Å². The van der Waals surface area contributed by atoms with Crippen LogP contribution in [0, 0.1) is 0 Å². The maximum atomic E-state index is 12.9. The molecule has 6 N–H and O–H groups in total. The third-order valence-electron chi connectivity index (χ3n) is 8.72. The fraction of sp³-hybridized carbons (Fsp3) is 0.167. The Morgan fingerprint density at radius 2 is 1.10 bits per heavy atom. The predicted octanol–water partition coefficient (Wildman–Crippen LogP) is 4.18. The van der Waals surface area contributed by atoms with E-state index in [1.54, 1.807) is 11.3 Å². The van der Waals surface area contributed by atoms with Crippen LogP contribution in [0.4, 0.5) is 0 Å². The molecule has 0 saturated carbocycles. The zero-order valence-corrected chi connectivity index (χ0v) is 35.1. The van der Waals surface area contributed by atoms with Crippen molar-refractivity contribution in [3.05, 3.63) is 131 Å². The predicted molar refractivity (Wildman–Crippen MR) is 223 cm³/mol. The Kier molecular flexibility index (Phi) is 11.8. The minimum absolute atomic E-state index is 0.128. The van der Waals surface area contributed by atoms with E-state index in [9.17, 15) is 25.3 Å². The molecule has 0 spiro atoms. The fourth-order valence-electron chi connectivity index (χ4n) is 5.61. The number of benzene rings is 4. The van der Waals surface area contributed by atoms with Crippen LogP contribution in [0.3, 0.4) is 0 Å². The Hall–Kier alpha value is -5.37. The highest BCUT2D eigenvalue weighted by molar-refractivity contribution is 7.92. The summed E-state index contributed by atoms with van der Waals surface area (Å²) in [7, 11) is -11.6. The van der Waals surface area contributed by atoms with E-state index in [1.165, 1.54) is 18.3 Å². The third-order valence-corrected chi connectivity index (χ3v) is 14.1. The summed E-state index contributed by atoms with van der Waals surface area (Å²) in [6.07, 6.45) is 1.43. The van der Waals surface area contributed by atoms with Crippen LogP contribution in [-0.4, -0.2) is 61.9 Å². The molecule has 8 aromatic rings. The molecular weight excluding hydrogens is 861 g/mol. The largest absolute Gasteiger partial charge is 0.423 e. The van der Waals surface area contributed by atoms with E-state index in [-0.39, 0.29) is 35.8 Å². The van der Waals surface area contributed by atoms with Crippen LogP contribution < -0.4 is 19.7 Å². The van der Waals surface area contributed by atoms with E-state index in [0.29, 0.717) is 17.8 Å². The molecule has 0 aliphatic carbocycles. The fourth-order valence-corrected chi connectivity index (χ4v) is 9.64. The molecule has 0 aliphatic rings. The summed E-state index contributed by atoms with van der Waals surface area (Å²) in [6.45, 7) is 0.917. The van der Waals surface area contributed by atoms with Gasteiger partial charge in [-0.15, -0.1) is 43.1 Å². The van der Waals surface area contributed by atoms with E-state index < -0.39 is 35.0 Å². The number of rotatable bonds is 13. The number of nitrogens with two attached hydrogens (primary N) is 2. The minimum Gasteiger partial charge on any atom is -0.423 e. The molecule has 0 amide bonds. The van der Waals surface area contributed by atoms with E-state index >= 15 is 0 Å². The number of aromatic nitrogens is 6. The lowest BCUT2D eigenvalue weighted by molar-refractivity contribution is 0.412. The van der Waals surface area contributed by atoms with Gasteiger partial charge in [0.15, 0.2) is 14.6 Å². The minimum atomic E-state index is -3.98. The molecule has 8 rings (SSSR count). The molecule has 0 aliphatic heterocycles. The van der Waals surface area contributed by atoms with Gasteiger partial charge in [-0.25, -0.2) is 28.7 Å². The smallest absolute Gasteiger partial charge is 0.274 e. The molecule has 0 bridgehead atoms. The van der Waals surface area contributed by atoms with Crippen molar-refractivity contribution in [1.29, 1.82) is 0 Å². The van der Waals surface area contributed by atoms with Crippen LogP contribution in [0.2, 0.25) is 0 Å². The van der Waals surface area contributed by atoms with Crippen LogP contribution in [0.1, 0.15) is 40.5 Å². The van der Waals surface area contributed by atoms with Crippen LogP contribution in [0.25, 0.3) is 42.7 Å². The van der Waals surface area contributed by atoms with Crippen molar-refractivity contribution >= 4 is 73.4 Å². The lowest BCUT2D eigenvalue weighted by Crippen LogP contribution is -2.33. The second-order valence-corrected chi connectivity index (χ2v) is 20.3. The van der Waals surface area contributed by atoms with Gasteiger partial charge in [-0.2, -0.15) is 26.3 Å². The zero-order chi connectivity index (χ0) is 42.0. The van der Waals surface area contributed by atoms with Gasteiger partial charge in [0.2, 0.25) is 23.6 Å². The highest BCUT2D eigenvalue weighted by Crippen LogP contribution is 2.41. The van der Waals surface area contributed by atoms with Gasteiger partial charge in [-0.3, -0.25) is 0 Å². The molecule has 4 aromatic heterocycles. The first-order chi connectivity index (χ1) is 27.9. The van der Waals surface area contributed by atoms with Gasteiger partial charge in [-0.05, 0) is 53.4 Å². The summed E-state index contributed by atoms with van der Waals surface area (Å²) < 4.78 is 84.9. The van der Waals surface area contributed by atoms with Crippen molar-refractivity contribution in [3.63, 3.8) is 0 Å². The highest BCUT2D eigenvalue weighted by Gasteiger charge is 2.47. The summed E-state index contributed by atoms with van der Waals surface area (Å²) >= 11 is 2.77. The highest BCUT2D eigenvalue weighted by atomic mass is 32.2. The summed E-state index contributed by atoms with van der Waals surface area (Å²) in [5, 5.41) is 26.2. The Morgan fingerprint density at radius 1 is 0.610 bits per heavy atom. The normalized spacial score (nSPS) is 13.3. The molecule has 23 heteroatoms. The lowest BCUT2D eigenvalue weighted by atomic mass is 10.1. The summed E-state index contributed by atoms with van der Waals surface area (Å²) in [4.78, 5) is 9.13. The molecule has 18 nitrogen and oxygen atoms in total. The molecule has 0 saturated heterocycles. The molecule has 4 aromatic carbocycles. The quantitative estimate of drug-likeness (QED) is 0.126. The first-order valence-corrected chi connectivity index (χ1v) is 23.8. The van der Waals surface area contributed by atoms with Crippen molar-refractivity contribution in [2.24, 2.45) is 10.3 Å². The number of nitrogens with zero attached hydrogens (tertiary/aromatic N) is 6. The molecule has 4 heterocycles. The van der Waals surface area contributed by atoms with Crippen molar-refractivity contribution in [1.82, 2.24) is 39.8 Å². The maximum Gasteiger partial charge on any atom is 0.274 e. The number of hydrogen-bond donors (Lipinski definition) is 4. The van der Waals surface area contributed by atoms with Gasteiger partial charge >= 0.3 is 0 Å². The Balaban J connectivity index is 0.000000181. The number of fused-ring (bicyclic) bond motifs is 2. The summed E-state index contributed by atoms with van der Waals surface area (Å²) in [5.74, 6) is 0.167. The van der Waals surface area contributed by atoms with E-state index in [0.717, 1.165) is 48.4 Å². The van der Waals surface area contributed by atoms with E-state index in [2.05, 4.69) is 53.3 Å². The first kappa shape index (κ1) is 41.8. The van der Waals surface area contributed by atoms with Crippen molar-refractivity contribution in [2.45, 2.75) is 31.2 Å². The third kappa shape index (κ3) is 10.1. The summed E-state index contributed by atoms with van der Waals surface area (Å²) in [6, 6.07) is 31.8. The van der Waals surface area contributed by atoms with Gasteiger partial charge in [-0.1, -0.05) is 72.8 Å². The molecular formula is C36H34N10O8S5. The zero-order valence-electron chi connectivity index (χ0n) is 31.0. The number of nitrogens with one attached hydrogen (secondary N) is 2. The lowest BCUT2D eigenvalue weighted by Gasteiger charge is -2.20. The average Bonchev–Trinajstić information content (AvgIpc) is 4.02. The van der Waals surface area contributed by atoms with Gasteiger partial charge in [0.05, 0.1) is 39.9 Å². The monoisotopic (exact) mass is 894 g/mol. The average molecular weight is 895 g/mol. The Bertz CT molecular complexity index is 3100. The molecule has 0 fully saturated rings. The van der Waals surface area contributed by atoms with Gasteiger partial charge in [0.1, 0.15) is 10.0 Å². The van der Waals surface area contributed by atoms with Gasteiger partial charge < -0.3 is 8.83 Å². The standard InChI is InChI=1S/C19H19N5O5S3.C17H15N5O3S2/c1-19(31(2,25)26,17-24-23-16(29-17)11-21-32(20,27)28)18-22-14-9-8-13(10-15(14)30-18)12-6-4-3-5-7-12;18-27(23,24)19-10-16-22-21-15(25-16)9-17-20-13-7-6-12(8-14(13)26-17)11-4-2-1-3-5-11/h3-10,21H,11H2,1-2H3,(H2,20,27,28);1-8,19H,9-10H2,(H2,18,23,24). The Morgan fingerprint density at radius 3 is 1.64 bits per heavy atom. The van der Waals surface area contributed by atoms with E-state index in [1.807, 2.05) is 83.6 Å². The second-order valence-electron chi connectivity index (χ2n) is 13.0. The molecule has 59 heavy (non-hydrogen) atoms. The van der Waals surface area contributed by atoms with Gasteiger partial charge in [0, 0.05) is 6.26 Å². The van der Waals surface area contributed by atoms with Gasteiger partial charge in [0.25, 0.3) is 20.4 Å². The van der Waals surface area contributed by atoms with Crippen LogP contribution in [0.15, 0.2) is 106 Å². The Labute approximate surface area is 346 Å². The number of hydrogen-bond acceptors (Lipinski definition) is 16. The van der Waals surface area contributed by atoms with Crippen LogP contribution in [0.5, 0.6) is 0 Å². The van der Waals surface area contributed by atoms with Crippen molar-refractivity contribution in [2.75, 3.05) is 6.26 Å². The second kappa shape index (κ2) is 16.7. The molecule has 306 valence electrons. The van der Waals surface area contributed by atoms with Crippen molar-refractivity contribution in [3.8, 4) is 22.3 Å². The molecule has 1 atom stereocenters. The SMILES string of the molecule is CC(c1nnc(CNS(N)(=O)=O)o1)(c1nc2ccc(-c3ccccc3)cc2s1)S(C)(=O)=O.NS(=O)(=O)NCc1nnc(Cc2nc3ccc(-c4ccccc4)cc3s2)o1. The van der Waals surface area contributed by atoms with Crippen LogP contribution in [-0.2, 0) is 54.5 Å². The molecule has 1 unspecified atom stereocenters. The van der Waals surface area contributed by atoms with Crippen LogP contribution >= 0.6 is 22.7 Å². The van der Waals surface area contributed by atoms with E-state index in [4.69, 9.17) is 19.1 Å². The summed E-state index contributed by atoms with van der Waals surface area (Å²) in [5.41, 5.74) is 5.83. The number of sulfone groups is 1. The maximum absolute atomic E-state index is 12.9. The first-order valence-electron chi connectivity index (χ1n) is 17.2. The number of thiazole rings is 2. The topological polar surface area (TPSA) is 282 Å².